The molecule has 1 N–H and O–H groups in total. The van der Waals surface area contributed by atoms with Crippen molar-refractivity contribution in [2.75, 3.05) is 29.9 Å². The number of aryl methyl sites for hydroxylation is 2. The molecule has 160 valence electrons. The molecule has 1 aliphatic rings. The Bertz CT molecular complexity index is 1090. The summed E-state index contributed by atoms with van der Waals surface area (Å²) in [6, 6.07) is 15.2. The minimum absolute atomic E-state index is 0.227. The molecular formula is C24H25N3O4. The number of nitrogens with one attached hydrogen (secondary N) is 1. The van der Waals surface area contributed by atoms with Gasteiger partial charge in [-0.15, -0.1) is 0 Å². The second-order valence-corrected chi connectivity index (χ2v) is 7.65. The third-order valence-corrected chi connectivity index (χ3v) is 5.40. The number of rotatable bonds is 6. The lowest BCUT2D eigenvalue weighted by atomic mass is 10.1. The molecule has 7 heteroatoms. The Hall–Kier alpha value is -3.61. The van der Waals surface area contributed by atoms with Crippen LogP contribution in [-0.4, -0.2) is 36.7 Å². The lowest BCUT2D eigenvalue weighted by molar-refractivity contribution is -0.119. The second kappa shape index (κ2) is 9.04. The normalized spacial score (nSPS) is 13.3. The summed E-state index contributed by atoms with van der Waals surface area (Å²) in [7, 11) is 0. The van der Waals surface area contributed by atoms with E-state index in [1.165, 1.54) is 12.8 Å². The lowest BCUT2D eigenvalue weighted by Crippen LogP contribution is -2.22. The third-order valence-electron chi connectivity index (χ3n) is 5.40. The maximum absolute atomic E-state index is 12.6. The first-order valence-electron chi connectivity index (χ1n) is 10.4. The van der Waals surface area contributed by atoms with Gasteiger partial charge >= 0.3 is 5.97 Å². The summed E-state index contributed by atoms with van der Waals surface area (Å²) in [5, 5.41) is 6.79. The molecular weight excluding hydrogens is 394 g/mol. The molecule has 3 aromatic rings. The zero-order valence-corrected chi connectivity index (χ0v) is 17.7. The van der Waals surface area contributed by atoms with Gasteiger partial charge in [-0.25, -0.2) is 4.79 Å². The fourth-order valence-electron chi connectivity index (χ4n) is 3.76. The van der Waals surface area contributed by atoms with Gasteiger partial charge in [0.1, 0.15) is 17.0 Å². The smallest absolute Gasteiger partial charge is 0.344 e. The fourth-order valence-corrected chi connectivity index (χ4v) is 3.76. The van der Waals surface area contributed by atoms with Crippen LogP contribution < -0.4 is 10.2 Å². The van der Waals surface area contributed by atoms with Gasteiger partial charge in [-0.3, -0.25) is 4.79 Å². The van der Waals surface area contributed by atoms with Gasteiger partial charge in [0.2, 0.25) is 0 Å². The Balaban J connectivity index is 1.38. The van der Waals surface area contributed by atoms with Crippen molar-refractivity contribution < 1.29 is 18.8 Å². The number of aromatic nitrogens is 1. The van der Waals surface area contributed by atoms with Crippen LogP contribution in [0.25, 0.3) is 11.3 Å². The summed E-state index contributed by atoms with van der Waals surface area (Å²) >= 11 is 0. The minimum Gasteiger partial charge on any atom is -0.452 e. The Morgan fingerprint density at radius 3 is 2.55 bits per heavy atom. The molecule has 0 radical (unpaired) electrons. The Morgan fingerprint density at radius 2 is 1.84 bits per heavy atom. The number of hydrogen-bond donors (Lipinski definition) is 1. The Kier molecular flexibility index (Phi) is 6.02. The molecule has 0 atom stereocenters. The highest BCUT2D eigenvalue weighted by molar-refractivity contribution is 5.99. The average Bonchev–Trinajstić information content (AvgIpc) is 3.44. The molecule has 4 rings (SSSR count). The van der Waals surface area contributed by atoms with Crippen LogP contribution in [-0.2, 0) is 9.53 Å². The fraction of sp³-hybridized carbons (Fsp3) is 0.292. The summed E-state index contributed by atoms with van der Waals surface area (Å²) in [5.74, 6) is -0.702. The molecule has 1 fully saturated rings. The van der Waals surface area contributed by atoms with Crippen molar-refractivity contribution in [1.82, 2.24) is 5.16 Å². The number of carbonyl (C=O) groups excluding carboxylic acids is 2. The monoisotopic (exact) mass is 419 g/mol. The van der Waals surface area contributed by atoms with Gasteiger partial charge in [0, 0.05) is 30.0 Å². The summed E-state index contributed by atoms with van der Waals surface area (Å²) < 4.78 is 10.4. The lowest BCUT2D eigenvalue weighted by Gasteiger charge is -2.19. The molecule has 31 heavy (non-hydrogen) atoms. The van der Waals surface area contributed by atoms with Crippen molar-refractivity contribution in [3.05, 3.63) is 65.4 Å². The van der Waals surface area contributed by atoms with Crippen molar-refractivity contribution in [3.63, 3.8) is 0 Å². The summed E-state index contributed by atoms with van der Waals surface area (Å²) in [4.78, 5) is 27.3. The van der Waals surface area contributed by atoms with Crippen LogP contribution in [0.3, 0.4) is 0 Å². The van der Waals surface area contributed by atoms with E-state index >= 15 is 0 Å². The van der Waals surface area contributed by atoms with E-state index in [-0.39, 0.29) is 5.56 Å². The predicted octanol–water partition coefficient (Wildman–Crippen LogP) is 4.35. The van der Waals surface area contributed by atoms with Gasteiger partial charge in [-0.05, 0) is 50.5 Å². The topological polar surface area (TPSA) is 84.7 Å². The van der Waals surface area contributed by atoms with E-state index < -0.39 is 18.5 Å². The highest BCUT2D eigenvalue weighted by Crippen LogP contribution is 2.27. The number of carbonyl (C=O) groups is 2. The van der Waals surface area contributed by atoms with Crippen molar-refractivity contribution in [2.24, 2.45) is 0 Å². The number of esters is 1. The van der Waals surface area contributed by atoms with Crippen LogP contribution in [0.15, 0.2) is 53.1 Å². The van der Waals surface area contributed by atoms with Crippen molar-refractivity contribution >= 4 is 23.3 Å². The van der Waals surface area contributed by atoms with Crippen LogP contribution in [0.2, 0.25) is 0 Å². The highest BCUT2D eigenvalue weighted by atomic mass is 16.5. The van der Waals surface area contributed by atoms with E-state index in [2.05, 4.69) is 21.4 Å². The molecule has 1 saturated heterocycles. The largest absolute Gasteiger partial charge is 0.452 e. The number of benzene rings is 2. The summed E-state index contributed by atoms with van der Waals surface area (Å²) in [6.07, 6.45) is 2.42. The zero-order valence-electron chi connectivity index (χ0n) is 17.7. The van der Waals surface area contributed by atoms with Crippen LogP contribution in [0, 0.1) is 13.8 Å². The van der Waals surface area contributed by atoms with Crippen LogP contribution in [0.1, 0.15) is 34.5 Å². The molecule has 0 bridgehead atoms. The number of nitrogens with zero attached hydrogens (tertiary/aromatic N) is 2. The first-order valence-corrected chi connectivity index (χ1v) is 10.4. The van der Waals surface area contributed by atoms with Gasteiger partial charge in [-0.1, -0.05) is 35.5 Å². The van der Waals surface area contributed by atoms with Crippen molar-refractivity contribution in [3.8, 4) is 11.3 Å². The number of amides is 1. The van der Waals surface area contributed by atoms with Gasteiger partial charge in [-0.2, -0.15) is 0 Å². The number of anilines is 2. The van der Waals surface area contributed by atoms with E-state index in [1.807, 2.05) is 49.4 Å². The first kappa shape index (κ1) is 20.7. The molecule has 1 amide bonds. The van der Waals surface area contributed by atoms with Gasteiger partial charge in [0.05, 0.1) is 0 Å². The van der Waals surface area contributed by atoms with Crippen molar-refractivity contribution in [1.29, 1.82) is 0 Å². The number of hydrogen-bond acceptors (Lipinski definition) is 6. The van der Waals surface area contributed by atoms with E-state index in [0.717, 1.165) is 29.9 Å². The molecule has 0 spiro atoms. The molecule has 2 aromatic carbocycles. The van der Waals surface area contributed by atoms with Gasteiger partial charge in [0.15, 0.2) is 6.61 Å². The van der Waals surface area contributed by atoms with E-state index in [0.29, 0.717) is 17.1 Å². The van der Waals surface area contributed by atoms with E-state index in [9.17, 15) is 9.59 Å². The molecule has 7 nitrogen and oxygen atoms in total. The second-order valence-electron chi connectivity index (χ2n) is 7.65. The van der Waals surface area contributed by atoms with E-state index in [4.69, 9.17) is 9.26 Å². The van der Waals surface area contributed by atoms with Gasteiger partial charge < -0.3 is 19.5 Å². The summed E-state index contributed by atoms with van der Waals surface area (Å²) in [6.45, 7) is 5.32. The van der Waals surface area contributed by atoms with Crippen LogP contribution in [0.4, 0.5) is 11.4 Å². The SMILES string of the molecule is Cc1cc(N2CCCC2)ccc1NC(=O)COC(=O)c1c(-c2ccccc2)noc1C. The highest BCUT2D eigenvalue weighted by Gasteiger charge is 2.23. The van der Waals surface area contributed by atoms with Crippen LogP contribution >= 0.6 is 0 Å². The first-order chi connectivity index (χ1) is 15.0. The standard InChI is InChI=1S/C24H25N3O4/c1-16-14-19(27-12-6-7-13-27)10-11-20(16)25-21(28)15-30-24(29)22-17(2)31-26-23(22)18-8-4-3-5-9-18/h3-5,8-11,14H,6-7,12-13,15H2,1-2H3,(H,25,28). The molecule has 0 unspecified atom stereocenters. The van der Waals surface area contributed by atoms with Gasteiger partial charge in [0.25, 0.3) is 5.91 Å². The predicted molar refractivity (Wildman–Crippen MR) is 118 cm³/mol. The Labute approximate surface area is 181 Å². The van der Waals surface area contributed by atoms with E-state index in [1.54, 1.807) is 6.92 Å². The average molecular weight is 419 g/mol. The molecule has 1 aromatic heterocycles. The molecule has 2 heterocycles. The van der Waals surface area contributed by atoms with Crippen LogP contribution in [0.5, 0.6) is 0 Å². The quantitative estimate of drug-likeness (QED) is 0.598. The zero-order chi connectivity index (χ0) is 21.8. The maximum atomic E-state index is 12.6. The molecule has 0 aliphatic carbocycles. The molecule has 0 saturated carbocycles. The number of ether oxygens (including phenoxy) is 1. The van der Waals surface area contributed by atoms with Crippen molar-refractivity contribution in [2.45, 2.75) is 26.7 Å². The summed E-state index contributed by atoms with van der Waals surface area (Å²) in [5.41, 5.74) is 4.20. The third kappa shape index (κ3) is 4.60. The Morgan fingerprint density at radius 1 is 1.10 bits per heavy atom. The molecule has 1 aliphatic heterocycles. The minimum atomic E-state index is -0.645. The maximum Gasteiger partial charge on any atom is 0.344 e.